The zero-order valence-corrected chi connectivity index (χ0v) is 23.8. The molecule has 1 aliphatic carbocycles. The Morgan fingerprint density at radius 2 is 1.61 bits per heavy atom. The number of benzene rings is 4. The van der Waals surface area contributed by atoms with Crippen LogP contribution >= 0.6 is 23.4 Å². The Morgan fingerprint density at radius 1 is 0.927 bits per heavy atom. The molecule has 0 unspecified atom stereocenters. The van der Waals surface area contributed by atoms with E-state index >= 15 is 0 Å². The maximum atomic E-state index is 12.9. The Kier molecular flexibility index (Phi) is 8.03. The van der Waals surface area contributed by atoms with Crippen molar-refractivity contribution >= 4 is 40.8 Å². The SMILES string of the molecule is O=CC1=CCCN=C1Sc1c(CNC(=O)OCC2c3ccccc3-c3ccccc32)ccc(-c2ccccc2)c1Cl. The maximum Gasteiger partial charge on any atom is 0.407 e. The topological polar surface area (TPSA) is 67.8 Å². The number of rotatable bonds is 7. The molecule has 1 amide bonds. The van der Waals surface area contributed by atoms with Crippen LogP contribution in [0.3, 0.4) is 0 Å². The molecule has 4 aromatic rings. The number of aldehydes is 1. The third-order valence-electron chi connectivity index (χ3n) is 7.35. The van der Waals surface area contributed by atoms with Crippen molar-refractivity contribution in [2.24, 2.45) is 4.99 Å². The lowest BCUT2D eigenvalue weighted by Crippen LogP contribution is -2.26. The van der Waals surface area contributed by atoms with Gasteiger partial charge in [-0.05, 0) is 39.8 Å². The molecule has 1 N–H and O–H groups in total. The molecule has 0 aromatic heterocycles. The monoisotopic (exact) mass is 578 g/mol. The molecule has 6 rings (SSSR count). The van der Waals surface area contributed by atoms with E-state index in [1.54, 1.807) is 0 Å². The Morgan fingerprint density at radius 3 is 2.32 bits per heavy atom. The number of carbonyl (C=O) groups excluding carboxylic acids is 2. The first kappa shape index (κ1) is 27.1. The molecule has 5 nitrogen and oxygen atoms in total. The molecule has 0 spiro atoms. The highest BCUT2D eigenvalue weighted by atomic mass is 35.5. The first-order valence-electron chi connectivity index (χ1n) is 13.5. The van der Waals surface area contributed by atoms with Crippen molar-refractivity contribution in [1.29, 1.82) is 0 Å². The molecule has 41 heavy (non-hydrogen) atoms. The fourth-order valence-corrected chi connectivity index (χ4v) is 6.83. The van der Waals surface area contributed by atoms with E-state index in [0.717, 1.165) is 45.4 Å². The number of amides is 1. The highest BCUT2D eigenvalue weighted by molar-refractivity contribution is 8.14. The van der Waals surface area contributed by atoms with E-state index in [2.05, 4.69) is 34.6 Å². The predicted molar refractivity (Wildman–Crippen MR) is 166 cm³/mol. The summed E-state index contributed by atoms with van der Waals surface area (Å²) in [5, 5.41) is 4.08. The number of halogens is 1. The van der Waals surface area contributed by atoms with Crippen LogP contribution in [0.5, 0.6) is 0 Å². The number of hydrogen-bond acceptors (Lipinski definition) is 5. The fraction of sp³-hybridized carbons (Fsp3) is 0.147. The number of fused-ring (bicyclic) bond motifs is 3. The van der Waals surface area contributed by atoms with E-state index in [0.29, 0.717) is 22.2 Å². The Hall–Kier alpha value is -4.13. The second-order valence-electron chi connectivity index (χ2n) is 9.82. The van der Waals surface area contributed by atoms with Gasteiger partial charge in [0.25, 0.3) is 0 Å². The smallest absolute Gasteiger partial charge is 0.407 e. The van der Waals surface area contributed by atoms with Gasteiger partial charge in [0.2, 0.25) is 0 Å². The Labute approximate surface area is 248 Å². The summed E-state index contributed by atoms with van der Waals surface area (Å²) in [5.41, 5.74) is 7.90. The van der Waals surface area contributed by atoms with Gasteiger partial charge >= 0.3 is 6.09 Å². The molecular formula is C34H27ClN2O3S. The molecule has 2 aliphatic rings. The van der Waals surface area contributed by atoms with Crippen molar-refractivity contribution in [3.8, 4) is 22.3 Å². The van der Waals surface area contributed by atoms with E-state index in [4.69, 9.17) is 16.3 Å². The number of hydrogen-bond donors (Lipinski definition) is 1. The normalized spacial score (nSPS) is 14.0. The van der Waals surface area contributed by atoms with Crippen LogP contribution in [0.25, 0.3) is 22.3 Å². The maximum absolute atomic E-state index is 12.9. The van der Waals surface area contributed by atoms with Gasteiger partial charge in [0, 0.05) is 35.0 Å². The van der Waals surface area contributed by atoms with E-state index < -0.39 is 6.09 Å². The van der Waals surface area contributed by atoms with Crippen molar-refractivity contribution in [1.82, 2.24) is 5.32 Å². The van der Waals surface area contributed by atoms with Crippen LogP contribution in [-0.4, -0.2) is 30.6 Å². The molecule has 0 radical (unpaired) electrons. The number of nitrogens with zero attached hydrogens (tertiary/aromatic N) is 1. The van der Waals surface area contributed by atoms with Crippen molar-refractivity contribution in [2.45, 2.75) is 23.8 Å². The van der Waals surface area contributed by atoms with Gasteiger partial charge in [0.15, 0.2) is 6.29 Å². The summed E-state index contributed by atoms with van der Waals surface area (Å²) in [5.74, 6) is -0.0169. The minimum absolute atomic E-state index is 0.0169. The molecule has 0 saturated carbocycles. The summed E-state index contributed by atoms with van der Waals surface area (Å²) < 4.78 is 5.74. The molecule has 0 bridgehead atoms. The van der Waals surface area contributed by atoms with Gasteiger partial charge in [-0.3, -0.25) is 9.79 Å². The van der Waals surface area contributed by atoms with Crippen molar-refractivity contribution in [3.63, 3.8) is 0 Å². The molecule has 204 valence electrons. The molecule has 0 saturated heterocycles. The first-order valence-corrected chi connectivity index (χ1v) is 14.7. The van der Waals surface area contributed by atoms with Crippen molar-refractivity contribution in [3.05, 3.63) is 124 Å². The van der Waals surface area contributed by atoms with Gasteiger partial charge in [0.05, 0.1) is 5.02 Å². The minimum atomic E-state index is -0.505. The number of ether oxygens (including phenoxy) is 1. The lowest BCUT2D eigenvalue weighted by molar-refractivity contribution is -0.104. The van der Waals surface area contributed by atoms with E-state index in [9.17, 15) is 9.59 Å². The van der Waals surface area contributed by atoms with Crippen molar-refractivity contribution < 1.29 is 14.3 Å². The lowest BCUT2D eigenvalue weighted by Gasteiger charge is -2.18. The molecule has 0 fully saturated rings. The fourth-order valence-electron chi connectivity index (χ4n) is 5.35. The molecule has 1 heterocycles. The van der Waals surface area contributed by atoms with Gasteiger partial charge < -0.3 is 10.1 Å². The van der Waals surface area contributed by atoms with Crippen LogP contribution in [0.15, 0.2) is 113 Å². The zero-order chi connectivity index (χ0) is 28.2. The lowest BCUT2D eigenvalue weighted by atomic mass is 9.98. The average molecular weight is 579 g/mol. The number of thioether (sulfide) groups is 1. The van der Waals surface area contributed by atoms with E-state index in [-0.39, 0.29) is 19.1 Å². The molecule has 0 atom stereocenters. The molecule has 4 aromatic carbocycles. The molecule has 7 heteroatoms. The van der Waals surface area contributed by atoms with Gasteiger partial charge in [-0.15, -0.1) is 0 Å². The van der Waals surface area contributed by atoms with E-state index in [1.807, 2.05) is 72.8 Å². The largest absolute Gasteiger partial charge is 0.449 e. The Balaban J connectivity index is 1.21. The van der Waals surface area contributed by atoms with Crippen LogP contribution in [0.1, 0.15) is 29.0 Å². The second kappa shape index (κ2) is 12.2. The number of dihydropyridines is 1. The number of carbonyl (C=O) groups is 2. The third-order valence-corrected chi connectivity index (χ3v) is 9.08. The summed E-state index contributed by atoms with van der Waals surface area (Å²) in [4.78, 5) is 29.9. The summed E-state index contributed by atoms with van der Waals surface area (Å²) in [6, 6.07) is 30.3. The number of nitrogens with one attached hydrogen (secondary N) is 1. The third kappa shape index (κ3) is 5.58. The second-order valence-corrected chi connectivity index (χ2v) is 11.2. The average Bonchev–Trinajstić information content (AvgIpc) is 3.34. The van der Waals surface area contributed by atoms with Gasteiger partial charge in [-0.1, -0.05) is 120 Å². The van der Waals surface area contributed by atoms with Crippen LogP contribution in [0.2, 0.25) is 5.02 Å². The molecular weight excluding hydrogens is 552 g/mol. The highest BCUT2D eigenvalue weighted by Gasteiger charge is 2.29. The van der Waals surface area contributed by atoms with Gasteiger partial charge in [-0.25, -0.2) is 4.79 Å². The zero-order valence-electron chi connectivity index (χ0n) is 22.2. The van der Waals surface area contributed by atoms with Crippen LogP contribution in [0, 0.1) is 0 Å². The summed E-state index contributed by atoms with van der Waals surface area (Å²) in [6.45, 7) is 1.06. The Bertz CT molecular complexity index is 1640. The summed E-state index contributed by atoms with van der Waals surface area (Å²) in [6.07, 6.45) is 2.95. The predicted octanol–water partition coefficient (Wildman–Crippen LogP) is 8.07. The van der Waals surface area contributed by atoms with Crippen LogP contribution < -0.4 is 5.32 Å². The standard InChI is InChI=1S/C34H27ClN2O3S/c35-31-25(22-9-2-1-3-10-22)17-16-23(32(31)41-33-24(20-38)11-8-18-36-33)19-37-34(39)40-21-30-28-14-6-4-12-26(28)27-13-5-7-15-29(27)30/h1-7,9-17,20,30H,8,18-19,21H2,(H,37,39). The van der Waals surface area contributed by atoms with Crippen molar-refractivity contribution in [2.75, 3.05) is 13.2 Å². The van der Waals surface area contributed by atoms with Gasteiger partial charge in [-0.2, -0.15) is 0 Å². The quantitative estimate of drug-likeness (QED) is 0.225. The number of aliphatic imine (C=N–C) groups is 1. The minimum Gasteiger partial charge on any atom is -0.449 e. The summed E-state index contributed by atoms with van der Waals surface area (Å²) in [7, 11) is 0. The highest BCUT2D eigenvalue weighted by Crippen LogP contribution is 2.44. The summed E-state index contributed by atoms with van der Waals surface area (Å²) >= 11 is 8.35. The van der Waals surface area contributed by atoms with Crippen LogP contribution in [-0.2, 0) is 16.1 Å². The van der Waals surface area contributed by atoms with E-state index in [1.165, 1.54) is 22.9 Å². The van der Waals surface area contributed by atoms with Crippen LogP contribution in [0.4, 0.5) is 4.79 Å². The first-order chi connectivity index (χ1) is 20.1. The molecule has 1 aliphatic heterocycles. The van der Waals surface area contributed by atoms with Gasteiger partial charge in [0.1, 0.15) is 11.7 Å². The number of alkyl carbamates (subject to hydrolysis) is 1.